The minimum absolute atomic E-state index is 0.00444. The summed E-state index contributed by atoms with van der Waals surface area (Å²) in [7, 11) is 3.09. The van der Waals surface area contributed by atoms with E-state index >= 15 is 0 Å². The number of nitrogens with zero attached hydrogens (tertiary/aromatic N) is 2. The molecule has 0 radical (unpaired) electrons. The molecular weight excluding hydrogens is 520 g/mol. The number of ketones is 1. The van der Waals surface area contributed by atoms with E-state index in [0.29, 0.717) is 52.2 Å². The second-order valence-electron chi connectivity index (χ2n) is 10.4. The first-order valence-corrected chi connectivity index (χ1v) is 13.3. The van der Waals surface area contributed by atoms with Crippen molar-refractivity contribution in [3.05, 3.63) is 90.9 Å². The van der Waals surface area contributed by atoms with Gasteiger partial charge >= 0.3 is 0 Å². The molecule has 5 rings (SSSR count). The zero-order valence-electron chi connectivity index (χ0n) is 22.0. The van der Waals surface area contributed by atoms with Gasteiger partial charge in [0, 0.05) is 41.5 Å². The summed E-state index contributed by atoms with van der Waals surface area (Å²) in [6, 6.07) is 11.7. The fraction of sp³-hybridized carbons (Fsp3) is 0.321. The van der Waals surface area contributed by atoms with Crippen LogP contribution >= 0.6 is 11.8 Å². The SMILES string of the molecule is COc1ccc([C@@H]2C3=C(CC(C)(C)CC3=O)Nc3nc(SCc4ccc([N+](=O)[O-])cc4)[nH]c(=O)c32)cc1OC. The van der Waals surface area contributed by atoms with Crippen molar-refractivity contribution in [1.82, 2.24) is 9.97 Å². The van der Waals surface area contributed by atoms with Crippen molar-refractivity contribution in [3.63, 3.8) is 0 Å². The summed E-state index contributed by atoms with van der Waals surface area (Å²) < 4.78 is 10.9. The Hall–Kier alpha value is -4.12. The number of Topliss-reactive ketones (excluding diaryl/α,β-unsaturated/α-hetero) is 1. The van der Waals surface area contributed by atoms with Crippen molar-refractivity contribution in [2.24, 2.45) is 5.41 Å². The van der Waals surface area contributed by atoms with Crippen LogP contribution in [0.3, 0.4) is 0 Å². The Morgan fingerprint density at radius 2 is 1.79 bits per heavy atom. The lowest BCUT2D eigenvalue weighted by Crippen LogP contribution is -2.37. The molecule has 2 aromatic carbocycles. The number of fused-ring (bicyclic) bond motifs is 1. The molecule has 0 saturated carbocycles. The summed E-state index contributed by atoms with van der Waals surface area (Å²) in [4.78, 5) is 45.2. The van der Waals surface area contributed by atoms with Crippen molar-refractivity contribution in [2.45, 2.75) is 43.5 Å². The summed E-state index contributed by atoms with van der Waals surface area (Å²) in [6.07, 6.45) is 1.01. The average molecular weight is 549 g/mol. The van der Waals surface area contributed by atoms with Gasteiger partial charge in [-0.3, -0.25) is 19.7 Å². The summed E-state index contributed by atoms with van der Waals surface area (Å²) in [5.41, 5.74) is 2.74. The largest absolute Gasteiger partial charge is 0.493 e. The van der Waals surface area contributed by atoms with Crippen LogP contribution in [0.1, 0.15) is 49.3 Å². The summed E-state index contributed by atoms with van der Waals surface area (Å²) in [5, 5.41) is 14.7. The monoisotopic (exact) mass is 548 g/mol. The third-order valence-electron chi connectivity index (χ3n) is 6.96. The number of rotatable bonds is 7. The Balaban J connectivity index is 1.56. The first kappa shape index (κ1) is 26.5. The molecule has 0 spiro atoms. The second-order valence-corrected chi connectivity index (χ2v) is 11.3. The highest BCUT2D eigenvalue weighted by Crippen LogP contribution is 2.48. The van der Waals surface area contributed by atoms with E-state index in [-0.39, 0.29) is 22.4 Å². The molecule has 0 unspecified atom stereocenters. The number of hydrogen-bond acceptors (Lipinski definition) is 9. The van der Waals surface area contributed by atoms with Gasteiger partial charge in [-0.05, 0) is 35.1 Å². The summed E-state index contributed by atoms with van der Waals surface area (Å²) in [6.45, 7) is 4.10. The fourth-order valence-corrected chi connectivity index (χ4v) is 6.01. The lowest BCUT2D eigenvalue weighted by Gasteiger charge is -2.38. The van der Waals surface area contributed by atoms with E-state index in [2.05, 4.69) is 10.3 Å². The lowest BCUT2D eigenvalue weighted by molar-refractivity contribution is -0.384. The number of carbonyl (C=O) groups is 1. The van der Waals surface area contributed by atoms with Crippen molar-refractivity contribution >= 4 is 29.1 Å². The molecule has 11 heteroatoms. The molecule has 1 aromatic heterocycles. The molecule has 2 N–H and O–H groups in total. The number of nitrogens with one attached hydrogen (secondary N) is 2. The molecule has 1 aliphatic heterocycles. The molecule has 0 saturated heterocycles. The number of aromatic nitrogens is 2. The van der Waals surface area contributed by atoms with E-state index in [1.807, 2.05) is 19.9 Å². The number of thioether (sulfide) groups is 1. The summed E-state index contributed by atoms with van der Waals surface area (Å²) in [5.74, 6) is 1.29. The predicted molar refractivity (Wildman–Crippen MR) is 148 cm³/mol. The highest BCUT2D eigenvalue weighted by molar-refractivity contribution is 7.98. The number of nitro groups is 1. The molecule has 1 aliphatic carbocycles. The zero-order chi connectivity index (χ0) is 27.9. The molecule has 1 atom stereocenters. The second kappa shape index (κ2) is 10.2. The average Bonchev–Trinajstić information content (AvgIpc) is 2.89. The van der Waals surface area contributed by atoms with Gasteiger partial charge in [-0.25, -0.2) is 4.98 Å². The van der Waals surface area contributed by atoms with Crippen LogP contribution in [-0.2, 0) is 10.5 Å². The smallest absolute Gasteiger partial charge is 0.269 e. The number of benzene rings is 2. The van der Waals surface area contributed by atoms with Gasteiger partial charge in [0.05, 0.1) is 24.7 Å². The minimum atomic E-state index is -0.621. The Morgan fingerprint density at radius 1 is 1.08 bits per heavy atom. The normalized spacial score (nSPS) is 17.6. The molecule has 202 valence electrons. The van der Waals surface area contributed by atoms with Crippen molar-refractivity contribution in [1.29, 1.82) is 0 Å². The number of carbonyl (C=O) groups excluding carboxylic acids is 1. The molecule has 2 aliphatic rings. The van der Waals surface area contributed by atoms with Crippen LogP contribution in [0.15, 0.2) is 63.7 Å². The van der Waals surface area contributed by atoms with Crippen LogP contribution in [0.5, 0.6) is 11.5 Å². The maximum Gasteiger partial charge on any atom is 0.269 e. The molecule has 39 heavy (non-hydrogen) atoms. The van der Waals surface area contributed by atoms with Crippen LogP contribution in [0.4, 0.5) is 11.5 Å². The van der Waals surface area contributed by atoms with Crippen molar-refractivity contribution < 1.29 is 19.2 Å². The van der Waals surface area contributed by atoms with E-state index in [4.69, 9.17) is 14.5 Å². The van der Waals surface area contributed by atoms with Crippen LogP contribution in [0.25, 0.3) is 0 Å². The van der Waals surface area contributed by atoms with E-state index in [1.165, 1.54) is 23.9 Å². The predicted octanol–water partition coefficient (Wildman–Crippen LogP) is 5.19. The van der Waals surface area contributed by atoms with Gasteiger partial charge in [-0.2, -0.15) is 0 Å². The number of aromatic amines is 1. The highest BCUT2D eigenvalue weighted by Gasteiger charge is 2.42. The van der Waals surface area contributed by atoms with E-state index in [1.54, 1.807) is 38.5 Å². The van der Waals surface area contributed by atoms with Crippen LogP contribution in [0, 0.1) is 15.5 Å². The topological polar surface area (TPSA) is 136 Å². The minimum Gasteiger partial charge on any atom is -0.493 e. The number of H-pyrrole nitrogens is 1. The molecule has 3 aromatic rings. The highest BCUT2D eigenvalue weighted by atomic mass is 32.2. The Bertz CT molecular complexity index is 1560. The number of allylic oxidation sites excluding steroid dienone is 2. The quantitative estimate of drug-likeness (QED) is 0.177. The molecule has 10 nitrogen and oxygen atoms in total. The lowest BCUT2D eigenvalue weighted by atomic mass is 9.69. The van der Waals surface area contributed by atoms with Crippen LogP contribution in [0.2, 0.25) is 0 Å². The molecule has 0 bridgehead atoms. The van der Waals surface area contributed by atoms with Gasteiger partial charge in [-0.15, -0.1) is 0 Å². The van der Waals surface area contributed by atoms with Crippen molar-refractivity contribution in [3.8, 4) is 11.5 Å². The van der Waals surface area contributed by atoms with Crippen LogP contribution in [-0.4, -0.2) is 34.9 Å². The number of hydrogen-bond donors (Lipinski definition) is 2. The first-order chi connectivity index (χ1) is 18.6. The number of methoxy groups -OCH3 is 2. The number of nitro benzene ring substituents is 1. The van der Waals surface area contributed by atoms with Gasteiger partial charge in [0.1, 0.15) is 5.82 Å². The molecule has 2 heterocycles. The fourth-order valence-electron chi connectivity index (χ4n) is 5.19. The zero-order valence-corrected chi connectivity index (χ0v) is 22.8. The Morgan fingerprint density at radius 3 is 2.46 bits per heavy atom. The third-order valence-corrected chi connectivity index (χ3v) is 7.91. The van der Waals surface area contributed by atoms with Gasteiger partial charge in [0.25, 0.3) is 11.2 Å². The third kappa shape index (κ3) is 5.14. The van der Waals surface area contributed by atoms with Crippen molar-refractivity contribution in [2.75, 3.05) is 19.5 Å². The number of anilines is 1. The van der Waals surface area contributed by atoms with Gasteiger partial charge in [0.2, 0.25) is 0 Å². The number of non-ortho nitro benzene ring substituents is 1. The summed E-state index contributed by atoms with van der Waals surface area (Å²) >= 11 is 1.32. The maximum atomic E-state index is 13.6. The van der Waals surface area contributed by atoms with E-state index < -0.39 is 10.8 Å². The first-order valence-electron chi connectivity index (χ1n) is 12.4. The van der Waals surface area contributed by atoms with Gasteiger partial charge in [-0.1, -0.05) is 43.8 Å². The Kier molecular flexibility index (Phi) is 6.94. The Labute approximate surface area is 229 Å². The van der Waals surface area contributed by atoms with Gasteiger partial charge in [0.15, 0.2) is 22.4 Å². The maximum absolute atomic E-state index is 13.6. The molecular formula is C28H28N4O6S. The van der Waals surface area contributed by atoms with Crippen LogP contribution < -0.4 is 20.3 Å². The van der Waals surface area contributed by atoms with E-state index in [9.17, 15) is 19.7 Å². The van der Waals surface area contributed by atoms with E-state index in [0.717, 1.165) is 16.8 Å². The number of ether oxygens (including phenoxy) is 2. The van der Waals surface area contributed by atoms with Gasteiger partial charge < -0.3 is 19.8 Å². The standard InChI is InChI=1S/C28H28N4O6S/c1-28(2)12-18-23(19(33)13-28)22(16-7-10-20(37-3)21(11-16)38-4)24-25(29-18)30-27(31-26(24)34)39-14-15-5-8-17(9-6-15)32(35)36/h5-11,22H,12-14H2,1-4H3,(H2,29,30,31,34)/t22-/m1/s1. The molecule has 0 fully saturated rings. The molecule has 0 amide bonds.